The highest BCUT2D eigenvalue weighted by Gasteiger charge is 1.84. The first-order chi connectivity index (χ1) is 4.27. The van der Waals surface area contributed by atoms with E-state index in [9.17, 15) is 0 Å². The molecule has 0 aliphatic heterocycles. The van der Waals surface area contributed by atoms with Crippen molar-refractivity contribution in [2.24, 2.45) is 0 Å². The Morgan fingerprint density at radius 2 is 1.50 bits per heavy atom. The van der Waals surface area contributed by atoms with E-state index in [-0.39, 0.29) is 5.76 Å². The minimum atomic E-state index is -4.67. The van der Waals surface area contributed by atoms with Crippen molar-refractivity contribution in [1.82, 2.24) is 0 Å². The van der Waals surface area contributed by atoms with E-state index in [4.69, 9.17) is 27.7 Å². The van der Waals surface area contributed by atoms with Gasteiger partial charge in [-0.1, -0.05) is 0 Å². The summed E-state index contributed by atoms with van der Waals surface area (Å²) in [7, 11) is -4.67. The molecule has 0 saturated heterocycles. The molecule has 0 aliphatic rings. The predicted octanol–water partition coefficient (Wildman–Crippen LogP) is 0.311. The average molecular weight is 172 g/mol. The highest BCUT2D eigenvalue weighted by atomic mass is 32.3. The van der Waals surface area contributed by atoms with Gasteiger partial charge in [-0.25, -0.2) is 0 Å². The second-order valence-electron chi connectivity index (χ2n) is 1.22. The van der Waals surface area contributed by atoms with Crippen LogP contribution in [0.1, 0.15) is 6.92 Å². The molecule has 0 saturated carbocycles. The summed E-state index contributed by atoms with van der Waals surface area (Å²) in [6, 6.07) is 0. The van der Waals surface area contributed by atoms with Crippen molar-refractivity contribution in [3.05, 3.63) is 12.0 Å². The summed E-state index contributed by atoms with van der Waals surface area (Å²) in [5, 5.41) is 15.7. The number of aliphatic hydroxyl groups is 2. The van der Waals surface area contributed by atoms with Gasteiger partial charge >= 0.3 is 10.4 Å². The molecule has 0 amide bonds. The maximum Gasteiger partial charge on any atom is 0.394 e. The van der Waals surface area contributed by atoms with Crippen molar-refractivity contribution in [1.29, 1.82) is 0 Å². The Bertz CT molecular complexity index is 177. The Morgan fingerprint density at radius 3 is 1.50 bits per heavy atom. The van der Waals surface area contributed by atoms with Crippen LogP contribution >= 0.6 is 0 Å². The number of rotatable bonds is 0. The van der Waals surface area contributed by atoms with Gasteiger partial charge in [-0.05, 0) is 6.92 Å². The third kappa shape index (κ3) is 190. The number of allylic oxidation sites excluding steroid dienone is 1. The molecule has 0 fully saturated rings. The molecule has 0 radical (unpaired) electrons. The van der Waals surface area contributed by atoms with E-state index in [1.54, 1.807) is 0 Å². The second-order valence-corrected chi connectivity index (χ2v) is 2.11. The normalized spacial score (nSPS) is 11.7. The van der Waals surface area contributed by atoms with Gasteiger partial charge in [0.05, 0.1) is 0 Å². The van der Waals surface area contributed by atoms with E-state index >= 15 is 0 Å². The minimum absolute atomic E-state index is 0.0648. The van der Waals surface area contributed by atoms with Gasteiger partial charge in [-0.2, -0.15) is 8.42 Å². The van der Waals surface area contributed by atoms with E-state index in [1.807, 2.05) is 0 Å². The van der Waals surface area contributed by atoms with Crippen LogP contribution in [0.2, 0.25) is 0 Å². The van der Waals surface area contributed by atoms with Gasteiger partial charge in [0.25, 0.3) is 0 Å². The zero-order valence-electron chi connectivity index (χ0n) is 5.09. The third-order valence-electron chi connectivity index (χ3n) is 0.187. The molecule has 10 heavy (non-hydrogen) atoms. The lowest BCUT2D eigenvalue weighted by molar-refractivity contribution is 0.363. The van der Waals surface area contributed by atoms with Crippen molar-refractivity contribution in [2.45, 2.75) is 6.92 Å². The molecule has 0 spiro atoms. The van der Waals surface area contributed by atoms with Gasteiger partial charge in [0, 0.05) is 0 Å². The SMILES string of the molecule is CC(O)=CO.O=S(=O)(O)O. The Morgan fingerprint density at radius 1 is 1.40 bits per heavy atom. The molecule has 0 bridgehead atoms. The van der Waals surface area contributed by atoms with E-state index < -0.39 is 10.4 Å². The fourth-order valence-corrected chi connectivity index (χ4v) is 0. The van der Waals surface area contributed by atoms with Crippen LogP contribution in [0.4, 0.5) is 0 Å². The van der Waals surface area contributed by atoms with E-state index in [1.165, 1.54) is 6.92 Å². The highest BCUT2D eigenvalue weighted by molar-refractivity contribution is 7.79. The van der Waals surface area contributed by atoms with Crippen molar-refractivity contribution in [2.75, 3.05) is 0 Å². The van der Waals surface area contributed by atoms with E-state index in [0.717, 1.165) is 0 Å². The lowest BCUT2D eigenvalue weighted by atomic mass is 10.7. The number of hydrogen-bond acceptors (Lipinski definition) is 4. The van der Waals surface area contributed by atoms with E-state index in [0.29, 0.717) is 6.26 Å². The monoisotopic (exact) mass is 172 g/mol. The molecule has 0 aromatic rings. The van der Waals surface area contributed by atoms with Crippen molar-refractivity contribution in [3.63, 3.8) is 0 Å². The summed E-state index contributed by atoms with van der Waals surface area (Å²) in [4.78, 5) is 0. The van der Waals surface area contributed by atoms with Crippen LogP contribution in [0.15, 0.2) is 12.0 Å². The van der Waals surface area contributed by atoms with Crippen LogP contribution < -0.4 is 0 Å². The molecule has 4 N–H and O–H groups in total. The molecule has 0 atom stereocenters. The predicted molar refractivity (Wildman–Crippen MR) is 33.2 cm³/mol. The Hall–Kier alpha value is -0.790. The van der Waals surface area contributed by atoms with Gasteiger partial charge in [0.2, 0.25) is 0 Å². The lowest BCUT2D eigenvalue weighted by Gasteiger charge is -1.74. The lowest BCUT2D eigenvalue weighted by Crippen LogP contribution is -1.89. The summed E-state index contributed by atoms with van der Waals surface area (Å²) >= 11 is 0. The first kappa shape index (κ1) is 11.9. The minimum Gasteiger partial charge on any atom is -0.512 e. The molecule has 0 rings (SSSR count). The summed E-state index contributed by atoms with van der Waals surface area (Å²) in [6.45, 7) is 1.39. The molecular weight excluding hydrogens is 164 g/mol. The topological polar surface area (TPSA) is 115 Å². The van der Waals surface area contributed by atoms with Gasteiger partial charge in [-0.15, -0.1) is 0 Å². The second kappa shape index (κ2) is 5.03. The van der Waals surface area contributed by atoms with Gasteiger partial charge in [0.1, 0.15) is 12.0 Å². The van der Waals surface area contributed by atoms with Crippen molar-refractivity contribution in [3.8, 4) is 0 Å². The molecule has 6 nitrogen and oxygen atoms in total. The third-order valence-corrected chi connectivity index (χ3v) is 0.187. The summed E-state index contributed by atoms with van der Waals surface area (Å²) in [5.41, 5.74) is 0. The molecule has 7 heteroatoms. The number of hydrogen-bond donors (Lipinski definition) is 4. The van der Waals surface area contributed by atoms with Crippen LogP contribution in [0.3, 0.4) is 0 Å². The van der Waals surface area contributed by atoms with Gasteiger partial charge in [-0.3, -0.25) is 9.11 Å². The molecular formula is C3H8O6S. The molecule has 0 unspecified atom stereocenters. The van der Waals surface area contributed by atoms with Crippen LogP contribution in [-0.2, 0) is 10.4 Å². The highest BCUT2D eigenvalue weighted by Crippen LogP contribution is 1.74. The largest absolute Gasteiger partial charge is 0.512 e. The van der Waals surface area contributed by atoms with Crippen LogP contribution in [0.25, 0.3) is 0 Å². The smallest absolute Gasteiger partial charge is 0.394 e. The average Bonchev–Trinajstić information content (AvgIpc) is 1.61. The van der Waals surface area contributed by atoms with Crippen molar-refractivity contribution < 1.29 is 27.7 Å². The van der Waals surface area contributed by atoms with Crippen LogP contribution in [-0.4, -0.2) is 27.7 Å². The van der Waals surface area contributed by atoms with Crippen molar-refractivity contribution >= 4 is 10.4 Å². The number of aliphatic hydroxyl groups excluding tert-OH is 2. The Balaban J connectivity index is 0. The van der Waals surface area contributed by atoms with Crippen LogP contribution in [0.5, 0.6) is 0 Å². The van der Waals surface area contributed by atoms with E-state index in [2.05, 4.69) is 0 Å². The molecule has 62 valence electrons. The standard InChI is InChI=1S/C3H6O2.H2O4S/c1-3(5)2-4;1-5(2,3)4/h2,4-5H,1H3;(H2,1,2,3,4). The molecule has 0 aromatic heterocycles. The fourth-order valence-electron chi connectivity index (χ4n) is 0. The Kier molecular flexibility index (Phi) is 6.01. The zero-order valence-corrected chi connectivity index (χ0v) is 5.91. The Labute approximate surface area is 58.0 Å². The summed E-state index contributed by atoms with van der Waals surface area (Å²) in [6.07, 6.45) is 0.639. The fraction of sp³-hybridized carbons (Fsp3) is 0.333. The molecule has 0 heterocycles. The van der Waals surface area contributed by atoms with Crippen LogP contribution in [0, 0.1) is 0 Å². The first-order valence-corrected chi connectivity index (χ1v) is 3.37. The zero-order chi connectivity index (χ0) is 8.78. The summed E-state index contributed by atoms with van der Waals surface area (Å²) < 4.78 is 31.6. The van der Waals surface area contributed by atoms with Gasteiger partial charge < -0.3 is 10.2 Å². The maximum atomic E-state index is 8.74. The quantitative estimate of drug-likeness (QED) is 0.309. The summed E-state index contributed by atoms with van der Waals surface area (Å²) in [5.74, 6) is -0.0648. The molecule has 0 aliphatic carbocycles. The molecule has 0 aromatic carbocycles. The maximum absolute atomic E-state index is 8.74. The van der Waals surface area contributed by atoms with Gasteiger partial charge in [0.15, 0.2) is 0 Å². The first-order valence-electron chi connectivity index (χ1n) is 1.97.